The number of ether oxygens (including phenoxy) is 2. The lowest BCUT2D eigenvalue weighted by molar-refractivity contribution is -0.0466. The summed E-state index contributed by atoms with van der Waals surface area (Å²) in [5, 5.41) is 3.78. The molecule has 2 aliphatic rings. The molecule has 3 rings (SSSR count). The standard InChI is InChI=1S/C18H27NO2/c1-2-12-20-16-8-6-15(7-9-16)17-13-19-18(14-21-17)10-4-3-5-11-18/h6-9,17,19H,2-5,10-14H2,1H3. The molecule has 0 aromatic heterocycles. The van der Waals surface area contributed by atoms with Gasteiger partial charge in [-0.1, -0.05) is 38.3 Å². The van der Waals surface area contributed by atoms with E-state index in [9.17, 15) is 0 Å². The Hall–Kier alpha value is -1.06. The van der Waals surface area contributed by atoms with E-state index in [-0.39, 0.29) is 11.6 Å². The Morgan fingerprint density at radius 1 is 1.19 bits per heavy atom. The zero-order valence-corrected chi connectivity index (χ0v) is 13.1. The number of rotatable bonds is 4. The zero-order valence-electron chi connectivity index (χ0n) is 13.1. The van der Waals surface area contributed by atoms with Gasteiger partial charge in [0.25, 0.3) is 0 Å². The molecule has 116 valence electrons. The topological polar surface area (TPSA) is 30.5 Å². The Morgan fingerprint density at radius 2 is 1.95 bits per heavy atom. The van der Waals surface area contributed by atoms with Crippen LogP contribution in [0.1, 0.15) is 57.1 Å². The van der Waals surface area contributed by atoms with E-state index in [1.807, 2.05) is 0 Å². The van der Waals surface area contributed by atoms with Crippen molar-refractivity contribution < 1.29 is 9.47 Å². The number of morpholine rings is 1. The van der Waals surface area contributed by atoms with Crippen LogP contribution in [0.2, 0.25) is 0 Å². The molecule has 1 aliphatic heterocycles. The summed E-state index contributed by atoms with van der Waals surface area (Å²) in [6.45, 7) is 4.68. The Balaban J connectivity index is 1.56. The number of hydrogen-bond donors (Lipinski definition) is 1. The second kappa shape index (κ2) is 6.80. The highest BCUT2D eigenvalue weighted by Crippen LogP contribution is 2.34. The fraction of sp³-hybridized carbons (Fsp3) is 0.667. The third-order valence-electron chi connectivity index (χ3n) is 4.76. The molecule has 1 aliphatic carbocycles. The molecule has 1 saturated carbocycles. The normalized spacial score (nSPS) is 24.9. The maximum absolute atomic E-state index is 6.18. The minimum Gasteiger partial charge on any atom is -0.494 e. The van der Waals surface area contributed by atoms with Crippen LogP contribution >= 0.6 is 0 Å². The van der Waals surface area contributed by atoms with E-state index >= 15 is 0 Å². The highest BCUT2D eigenvalue weighted by molar-refractivity contribution is 5.29. The van der Waals surface area contributed by atoms with Gasteiger partial charge in [-0.15, -0.1) is 0 Å². The Kier molecular flexibility index (Phi) is 4.81. The molecule has 1 atom stereocenters. The summed E-state index contributed by atoms with van der Waals surface area (Å²) in [7, 11) is 0. The maximum Gasteiger partial charge on any atom is 0.119 e. The molecule has 0 bridgehead atoms. The molecule has 1 heterocycles. The first-order chi connectivity index (χ1) is 10.3. The van der Waals surface area contributed by atoms with E-state index in [1.54, 1.807) is 0 Å². The van der Waals surface area contributed by atoms with E-state index < -0.39 is 0 Å². The van der Waals surface area contributed by atoms with Crippen molar-refractivity contribution in [3.8, 4) is 5.75 Å². The van der Waals surface area contributed by atoms with E-state index in [2.05, 4.69) is 36.5 Å². The lowest BCUT2D eigenvalue weighted by Gasteiger charge is -2.43. The second-order valence-electron chi connectivity index (χ2n) is 6.44. The minimum atomic E-state index is 0.178. The molecule has 2 fully saturated rings. The molecule has 21 heavy (non-hydrogen) atoms. The molecular formula is C18H27NO2. The van der Waals surface area contributed by atoms with Gasteiger partial charge in [-0.25, -0.2) is 0 Å². The van der Waals surface area contributed by atoms with Gasteiger partial charge in [0.1, 0.15) is 5.75 Å². The van der Waals surface area contributed by atoms with Gasteiger partial charge in [0.15, 0.2) is 0 Å². The average molecular weight is 289 g/mol. The van der Waals surface area contributed by atoms with Gasteiger partial charge in [0.2, 0.25) is 0 Å². The third kappa shape index (κ3) is 3.58. The Labute approximate surface area is 128 Å². The fourth-order valence-electron chi connectivity index (χ4n) is 3.44. The van der Waals surface area contributed by atoms with Gasteiger partial charge in [-0.2, -0.15) is 0 Å². The molecule has 1 aromatic carbocycles. The number of benzene rings is 1. The molecule has 3 heteroatoms. The molecule has 1 aromatic rings. The predicted molar refractivity (Wildman–Crippen MR) is 84.7 cm³/mol. The summed E-state index contributed by atoms with van der Waals surface area (Å²) in [4.78, 5) is 0. The second-order valence-corrected chi connectivity index (χ2v) is 6.44. The largest absolute Gasteiger partial charge is 0.494 e. The van der Waals surface area contributed by atoms with Crippen LogP contribution in [0.3, 0.4) is 0 Å². The van der Waals surface area contributed by atoms with Crippen LogP contribution in [0.4, 0.5) is 0 Å². The first kappa shape index (κ1) is 14.9. The van der Waals surface area contributed by atoms with Gasteiger partial charge in [-0.3, -0.25) is 0 Å². The summed E-state index contributed by atoms with van der Waals surface area (Å²) < 4.78 is 11.8. The molecule has 1 unspecified atom stereocenters. The summed E-state index contributed by atoms with van der Waals surface area (Å²) >= 11 is 0. The van der Waals surface area contributed by atoms with Crippen molar-refractivity contribution in [2.45, 2.75) is 57.1 Å². The van der Waals surface area contributed by atoms with Gasteiger partial charge in [0.05, 0.1) is 19.3 Å². The molecular weight excluding hydrogens is 262 g/mol. The first-order valence-corrected chi connectivity index (χ1v) is 8.41. The van der Waals surface area contributed by atoms with Crippen LogP contribution in [0.15, 0.2) is 24.3 Å². The van der Waals surface area contributed by atoms with Crippen molar-refractivity contribution >= 4 is 0 Å². The highest BCUT2D eigenvalue weighted by atomic mass is 16.5. The van der Waals surface area contributed by atoms with E-state index in [0.717, 1.165) is 31.9 Å². The quantitative estimate of drug-likeness (QED) is 0.913. The Morgan fingerprint density at radius 3 is 2.57 bits per heavy atom. The minimum absolute atomic E-state index is 0.178. The summed E-state index contributed by atoms with van der Waals surface area (Å²) in [5.41, 5.74) is 1.51. The Bertz CT molecular complexity index is 427. The van der Waals surface area contributed by atoms with Crippen LogP contribution in [0.5, 0.6) is 5.75 Å². The maximum atomic E-state index is 6.18. The smallest absolute Gasteiger partial charge is 0.119 e. The molecule has 0 amide bonds. The van der Waals surface area contributed by atoms with Crippen molar-refractivity contribution in [3.63, 3.8) is 0 Å². The zero-order chi connectivity index (χ0) is 14.5. The van der Waals surface area contributed by atoms with Crippen LogP contribution in [-0.2, 0) is 4.74 Å². The van der Waals surface area contributed by atoms with E-state index in [0.29, 0.717) is 0 Å². The molecule has 0 radical (unpaired) electrons. The monoisotopic (exact) mass is 289 g/mol. The fourth-order valence-corrected chi connectivity index (χ4v) is 3.44. The summed E-state index contributed by atoms with van der Waals surface area (Å²) in [6.07, 6.45) is 7.81. The van der Waals surface area contributed by atoms with Gasteiger partial charge >= 0.3 is 0 Å². The SMILES string of the molecule is CCCOc1ccc(C2CNC3(CCCCC3)CO2)cc1. The predicted octanol–water partition coefficient (Wildman–Crippen LogP) is 3.84. The lowest BCUT2D eigenvalue weighted by atomic mass is 9.81. The third-order valence-corrected chi connectivity index (χ3v) is 4.76. The van der Waals surface area contributed by atoms with Gasteiger partial charge < -0.3 is 14.8 Å². The lowest BCUT2D eigenvalue weighted by Crippen LogP contribution is -2.55. The number of nitrogens with one attached hydrogen (secondary N) is 1. The van der Waals surface area contributed by atoms with E-state index in [1.165, 1.54) is 37.7 Å². The highest BCUT2D eigenvalue weighted by Gasteiger charge is 2.36. The van der Waals surface area contributed by atoms with Crippen LogP contribution in [0.25, 0.3) is 0 Å². The van der Waals surface area contributed by atoms with Crippen molar-refractivity contribution in [2.75, 3.05) is 19.8 Å². The van der Waals surface area contributed by atoms with Crippen molar-refractivity contribution in [2.24, 2.45) is 0 Å². The molecule has 3 nitrogen and oxygen atoms in total. The van der Waals surface area contributed by atoms with Crippen LogP contribution in [-0.4, -0.2) is 25.3 Å². The number of hydrogen-bond acceptors (Lipinski definition) is 3. The van der Waals surface area contributed by atoms with Gasteiger partial charge in [-0.05, 0) is 37.0 Å². The van der Waals surface area contributed by atoms with Crippen LogP contribution in [0, 0.1) is 0 Å². The van der Waals surface area contributed by atoms with E-state index in [4.69, 9.17) is 9.47 Å². The molecule has 1 N–H and O–H groups in total. The van der Waals surface area contributed by atoms with Crippen LogP contribution < -0.4 is 10.1 Å². The summed E-state index contributed by atoms with van der Waals surface area (Å²) in [5.74, 6) is 0.952. The van der Waals surface area contributed by atoms with Crippen molar-refractivity contribution in [3.05, 3.63) is 29.8 Å². The van der Waals surface area contributed by atoms with Gasteiger partial charge in [0, 0.05) is 12.1 Å². The first-order valence-electron chi connectivity index (χ1n) is 8.41. The molecule has 1 saturated heterocycles. The summed E-state index contributed by atoms with van der Waals surface area (Å²) in [6, 6.07) is 8.38. The molecule has 1 spiro atoms. The van der Waals surface area contributed by atoms with Crippen molar-refractivity contribution in [1.29, 1.82) is 0 Å². The van der Waals surface area contributed by atoms with Crippen molar-refractivity contribution in [1.82, 2.24) is 5.32 Å². The average Bonchev–Trinajstić information content (AvgIpc) is 2.55.